The zero-order valence-electron chi connectivity index (χ0n) is 15.7. The van der Waals surface area contributed by atoms with Gasteiger partial charge in [0.25, 0.3) is 0 Å². The Kier molecular flexibility index (Phi) is 11.8. The maximum Gasteiger partial charge on any atom is 0.0821 e. The van der Waals surface area contributed by atoms with Crippen molar-refractivity contribution in [3.05, 3.63) is 96.6 Å². The highest BCUT2D eigenvalue weighted by molar-refractivity contribution is 5.79. The molecule has 0 aliphatic carbocycles. The topological polar surface area (TPSA) is 15.6 Å². The third-order valence-electron chi connectivity index (χ3n) is 3.28. The van der Waals surface area contributed by atoms with E-state index in [2.05, 4.69) is 24.1 Å². The third kappa shape index (κ3) is 8.98. The minimum Gasteiger partial charge on any atom is -0.346 e. The average Bonchev–Trinajstić information content (AvgIpc) is 2.62. The van der Waals surface area contributed by atoms with E-state index in [-0.39, 0.29) is 0 Å². The fourth-order valence-corrected chi connectivity index (χ4v) is 1.76. The van der Waals surface area contributed by atoms with Crippen molar-refractivity contribution in [1.29, 1.82) is 0 Å². The molecule has 25 heavy (non-hydrogen) atoms. The minimum atomic E-state index is 0.837. The van der Waals surface area contributed by atoms with Gasteiger partial charge in [0.15, 0.2) is 0 Å². The summed E-state index contributed by atoms with van der Waals surface area (Å²) in [5.41, 5.74) is 3.82. The first-order chi connectivity index (χ1) is 12.0. The summed E-state index contributed by atoms with van der Waals surface area (Å²) >= 11 is 0. The monoisotopic (exact) mass is 332 g/mol. The number of hydrogen-bond donors (Lipinski definition) is 0. The van der Waals surface area contributed by atoms with Crippen molar-refractivity contribution >= 4 is 6.21 Å². The number of terminal acetylenes is 1. The van der Waals surface area contributed by atoms with Crippen LogP contribution in [0, 0.1) is 12.3 Å². The molecule has 0 aromatic heterocycles. The van der Waals surface area contributed by atoms with Crippen LogP contribution in [-0.2, 0) is 0 Å². The van der Waals surface area contributed by atoms with Crippen LogP contribution in [0.1, 0.15) is 20.8 Å². The summed E-state index contributed by atoms with van der Waals surface area (Å²) in [6.45, 7) is 13.6. The van der Waals surface area contributed by atoms with E-state index in [1.54, 1.807) is 12.2 Å². The Hall–Kier alpha value is -3.05. The van der Waals surface area contributed by atoms with E-state index < -0.39 is 0 Å². The molecule has 0 rings (SSSR count). The second kappa shape index (κ2) is 13.4. The lowest BCUT2D eigenvalue weighted by Gasteiger charge is -2.22. The van der Waals surface area contributed by atoms with Gasteiger partial charge in [-0.15, -0.1) is 6.42 Å². The summed E-state index contributed by atoms with van der Waals surface area (Å²) in [6, 6.07) is 0. The molecule has 0 fully saturated rings. The smallest absolute Gasteiger partial charge is 0.0821 e. The van der Waals surface area contributed by atoms with Gasteiger partial charge in [0.1, 0.15) is 0 Å². The van der Waals surface area contributed by atoms with Gasteiger partial charge in [-0.1, -0.05) is 55.5 Å². The molecule has 0 radical (unpaired) electrons. The molecule has 0 aromatic rings. The summed E-state index contributed by atoms with van der Waals surface area (Å²) in [4.78, 5) is 6.65. The molecule has 0 aromatic carbocycles. The van der Waals surface area contributed by atoms with E-state index in [1.807, 2.05) is 87.5 Å². The van der Waals surface area contributed by atoms with Crippen molar-refractivity contribution in [3.63, 3.8) is 0 Å². The van der Waals surface area contributed by atoms with Crippen LogP contribution in [0.2, 0.25) is 0 Å². The molecule has 0 saturated heterocycles. The minimum absolute atomic E-state index is 0.837. The van der Waals surface area contributed by atoms with Gasteiger partial charge < -0.3 is 4.90 Å². The Bertz CT molecular complexity index is 699. The van der Waals surface area contributed by atoms with Crippen LogP contribution in [0.4, 0.5) is 0 Å². The van der Waals surface area contributed by atoms with Crippen molar-refractivity contribution in [2.45, 2.75) is 20.8 Å². The fourth-order valence-electron chi connectivity index (χ4n) is 1.76. The molecule has 0 bridgehead atoms. The van der Waals surface area contributed by atoms with Crippen LogP contribution < -0.4 is 0 Å². The van der Waals surface area contributed by atoms with Crippen LogP contribution in [0.15, 0.2) is 102 Å². The second-order valence-electron chi connectivity index (χ2n) is 5.14. The largest absolute Gasteiger partial charge is 0.346 e. The maximum atomic E-state index is 5.19. The molecule has 0 aliphatic rings. The Morgan fingerprint density at radius 2 is 1.84 bits per heavy atom. The lowest BCUT2D eigenvalue weighted by Crippen LogP contribution is -2.15. The predicted octanol–water partition coefficient (Wildman–Crippen LogP) is 5.74. The van der Waals surface area contributed by atoms with E-state index in [4.69, 9.17) is 6.42 Å². The number of rotatable bonds is 9. The van der Waals surface area contributed by atoms with Crippen LogP contribution in [0.25, 0.3) is 0 Å². The van der Waals surface area contributed by atoms with Crippen LogP contribution >= 0.6 is 0 Å². The van der Waals surface area contributed by atoms with E-state index >= 15 is 0 Å². The van der Waals surface area contributed by atoms with E-state index in [9.17, 15) is 0 Å². The summed E-state index contributed by atoms with van der Waals surface area (Å²) in [6.07, 6.45) is 25.7. The van der Waals surface area contributed by atoms with E-state index in [0.29, 0.717) is 0 Å². The Labute approximate surface area is 153 Å². The van der Waals surface area contributed by atoms with Gasteiger partial charge in [-0.2, -0.15) is 0 Å². The van der Waals surface area contributed by atoms with Crippen molar-refractivity contribution in [2.24, 2.45) is 4.99 Å². The van der Waals surface area contributed by atoms with Crippen LogP contribution in [-0.4, -0.2) is 18.2 Å². The van der Waals surface area contributed by atoms with Crippen molar-refractivity contribution in [2.75, 3.05) is 7.05 Å². The number of hydrogen-bond acceptors (Lipinski definition) is 2. The van der Waals surface area contributed by atoms with Gasteiger partial charge in [0, 0.05) is 24.7 Å². The first-order valence-electron chi connectivity index (χ1n) is 8.04. The van der Waals surface area contributed by atoms with Gasteiger partial charge in [-0.05, 0) is 50.6 Å². The molecule has 0 spiro atoms. The van der Waals surface area contributed by atoms with E-state index in [0.717, 1.165) is 22.7 Å². The molecular weight excluding hydrogens is 304 g/mol. The molecule has 0 unspecified atom stereocenters. The maximum absolute atomic E-state index is 5.19. The van der Waals surface area contributed by atoms with Crippen LogP contribution in [0.5, 0.6) is 0 Å². The predicted molar refractivity (Wildman–Crippen MR) is 113 cm³/mol. The molecule has 0 heterocycles. The highest BCUT2D eigenvalue weighted by Crippen LogP contribution is 2.17. The van der Waals surface area contributed by atoms with Gasteiger partial charge >= 0.3 is 0 Å². The molecule has 0 aliphatic heterocycles. The Morgan fingerprint density at radius 1 is 1.12 bits per heavy atom. The fraction of sp³-hybridized carbons (Fsp3) is 0.174. The van der Waals surface area contributed by atoms with Gasteiger partial charge in [-0.25, -0.2) is 0 Å². The van der Waals surface area contributed by atoms with E-state index in [1.165, 1.54) is 0 Å². The number of allylic oxidation sites excluding steroid dienone is 12. The molecule has 130 valence electrons. The second-order valence-corrected chi connectivity index (χ2v) is 5.14. The zero-order chi connectivity index (χ0) is 19.1. The SMILES string of the molecule is C#C\C=C/C=C(C)/C=N/C(/C=C\C=C)=C(/C)N(C)/C(C=C)=C/C=C\C. The Morgan fingerprint density at radius 3 is 2.40 bits per heavy atom. The first kappa shape index (κ1) is 22.0. The van der Waals surface area contributed by atoms with Crippen molar-refractivity contribution < 1.29 is 0 Å². The Balaban J connectivity index is 5.79. The number of nitrogens with zero attached hydrogens (tertiary/aromatic N) is 2. The summed E-state index contributed by atoms with van der Waals surface area (Å²) in [7, 11) is 1.99. The normalized spacial score (nSPS) is 14.4. The molecule has 0 N–H and O–H groups in total. The molecular formula is C23H28N2. The summed E-state index contributed by atoms with van der Waals surface area (Å²) < 4.78 is 0. The quantitative estimate of drug-likeness (QED) is 0.298. The molecule has 0 amide bonds. The summed E-state index contributed by atoms with van der Waals surface area (Å²) in [5, 5.41) is 0. The number of aliphatic imine (C=N–C) groups is 1. The number of likely N-dealkylation sites (N-methyl/N-ethyl adjacent to an activating group) is 1. The average molecular weight is 332 g/mol. The highest BCUT2D eigenvalue weighted by Gasteiger charge is 2.06. The molecule has 2 nitrogen and oxygen atoms in total. The van der Waals surface area contributed by atoms with Crippen molar-refractivity contribution in [1.82, 2.24) is 4.90 Å². The lowest BCUT2D eigenvalue weighted by molar-refractivity contribution is 0.532. The molecule has 0 atom stereocenters. The van der Waals surface area contributed by atoms with Gasteiger partial charge in [-0.3, -0.25) is 4.99 Å². The first-order valence-corrected chi connectivity index (χ1v) is 8.04. The molecule has 0 saturated carbocycles. The summed E-state index contributed by atoms with van der Waals surface area (Å²) in [5.74, 6) is 2.46. The van der Waals surface area contributed by atoms with Gasteiger partial charge in [0.05, 0.1) is 5.70 Å². The highest BCUT2D eigenvalue weighted by atomic mass is 15.1. The standard InChI is InChI=1S/C23H28N2/c1-8-12-15-16-20(5)19-24-23(18-14-10-3)21(6)25(7)22(11-4)17-13-9-2/h1,9-19H,3-4H2,2,5-7H3/b13-9-,15-12-,18-14-,20-16+,22-17+,23-21-,24-19+. The van der Waals surface area contributed by atoms with Crippen LogP contribution in [0.3, 0.4) is 0 Å². The lowest BCUT2D eigenvalue weighted by atomic mass is 10.2. The third-order valence-corrected chi connectivity index (χ3v) is 3.28. The van der Waals surface area contributed by atoms with Gasteiger partial charge in [0.2, 0.25) is 0 Å². The molecule has 2 heteroatoms. The zero-order valence-corrected chi connectivity index (χ0v) is 15.7. The van der Waals surface area contributed by atoms with Crippen molar-refractivity contribution in [3.8, 4) is 12.3 Å².